The van der Waals surface area contributed by atoms with Crippen molar-refractivity contribution in [2.45, 2.75) is 25.0 Å². The molecule has 3 nitrogen and oxygen atoms in total. The molecule has 0 radical (unpaired) electrons. The van der Waals surface area contributed by atoms with Crippen molar-refractivity contribution in [1.82, 2.24) is 0 Å². The first kappa shape index (κ1) is 12.6. The topological polar surface area (TPSA) is 41.8 Å². The summed E-state index contributed by atoms with van der Waals surface area (Å²) in [5, 5.41) is 11.5. The van der Waals surface area contributed by atoms with E-state index in [1.54, 1.807) is 0 Å². The van der Waals surface area contributed by atoms with Crippen LogP contribution in [0.4, 0.5) is 0 Å². The SMILES string of the molecule is CCC1CN=C(C2(O)c3ccccc3-c3ccccc32)O1. The van der Waals surface area contributed by atoms with Crippen molar-refractivity contribution in [3.8, 4) is 11.1 Å². The standard InChI is InChI=1S/C18H17NO2/c1-2-12-11-19-17(21-12)18(20)15-9-5-3-7-13(15)14-8-4-6-10-16(14)18/h3-10,12,20H,2,11H2,1H3. The molecule has 21 heavy (non-hydrogen) atoms. The molecule has 1 unspecified atom stereocenters. The summed E-state index contributed by atoms with van der Waals surface area (Å²) in [5.41, 5.74) is 2.59. The highest BCUT2D eigenvalue weighted by molar-refractivity contribution is 5.99. The van der Waals surface area contributed by atoms with Gasteiger partial charge in [-0.15, -0.1) is 0 Å². The van der Waals surface area contributed by atoms with Gasteiger partial charge in [-0.25, -0.2) is 4.99 Å². The van der Waals surface area contributed by atoms with Gasteiger partial charge in [0.1, 0.15) is 6.10 Å². The molecule has 0 bridgehead atoms. The summed E-state index contributed by atoms with van der Waals surface area (Å²) in [5.74, 6) is 0.437. The van der Waals surface area contributed by atoms with Gasteiger partial charge in [-0.2, -0.15) is 0 Å². The van der Waals surface area contributed by atoms with Gasteiger partial charge < -0.3 is 9.84 Å². The molecule has 1 aliphatic heterocycles. The molecule has 2 aromatic carbocycles. The summed E-state index contributed by atoms with van der Waals surface area (Å²) in [6.45, 7) is 2.70. The number of hydrogen-bond acceptors (Lipinski definition) is 3. The van der Waals surface area contributed by atoms with Gasteiger partial charge in [-0.1, -0.05) is 55.5 Å². The van der Waals surface area contributed by atoms with Crippen LogP contribution in [0.2, 0.25) is 0 Å². The first-order valence-corrected chi connectivity index (χ1v) is 7.38. The third-order valence-corrected chi connectivity index (χ3v) is 4.41. The third-order valence-electron chi connectivity index (χ3n) is 4.41. The van der Waals surface area contributed by atoms with Crippen molar-refractivity contribution in [2.75, 3.05) is 6.54 Å². The highest BCUT2D eigenvalue weighted by atomic mass is 16.5. The third kappa shape index (κ3) is 1.61. The molecular weight excluding hydrogens is 262 g/mol. The minimum atomic E-state index is -1.25. The van der Waals surface area contributed by atoms with Gasteiger partial charge in [0, 0.05) is 11.1 Å². The Hall–Kier alpha value is -2.13. The average molecular weight is 279 g/mol. The summed E-state index contributed by atoms with van der Waals surface area (Å²) in [6.07, 6.45) is 0.968. The molecule has 2 aliphatic rings. The van der Waals surface area contributed by atoms with Crippen LogP contribution in [0.1, 0.15) is 24.5 Å². The highest BCUT2D eigenvalue weighted by Crippen LogP contribution is 2.48. The molecule has 2 aromatic rings. The molecule has 0 amide bonds. The second-order valence-electron chi connectivity index (χ2n) is 5.60. The number of rotatable bonds is 2. The number of nitrogens with zero attached hydrogens (tertiary/aromatic N) is 1. The monoisotopic (exact) mass is 279 g/mol. The summed E-state index contributed by atoms with van der Waals surface area (Å²) >= 11 is 0. The van der Waals surface area contributed by atoms with Crippen molar-refractivity contribution in [3.63, 3.8) is 0 Å². The maximum Gasteiger partial charge on any atom is 0.226 e. The molecule has 1 N–H and O–H groups in total. The molecule has 1 aliphatic carbocycles. The fourth-order valence-electron chi connectivity index (χ4n) is 3.27. The van der Waals surface area contributed by atoms with Crippen molar-refractivity contribution >= 4 is 5.90 Å². The van der Waals surface area contributed by atoms with Crippen LogP contribution < -0.4 is 0 Å². The Morgan fingerprint density at radius 1 is 1.10 bits per heavy atom. The molecule has 0 saturated heterocycles. The van der Waals surface area contributed by atoms with E-state index in [0.717, 1.165) is 28.7 Å². The van der Waals surface area contributed by atoms with Crippen LogP contribution in [0.25, 0.3) is 11.1 Å². The summed E-state index contributed by atoms with van der Waals surface area (Å²) in [7, 11) is 0. The summed E-state index contributed by atoms with van der Waals surface area (Å²) < 4.78 is 5.91. The molecule has 1 atom stereocenters. The molecular formula is C18H17NO2. The Bertz CT molecular complexity index is 690. The molecule has 0 aromatic heterocycles. The lowest BCUT2D eigenvalue weighted by Crippen LogP contribution is -2.36. The van der Waals surface area contributed by atoms with Gasteiger partial charge in [-0.05, 0) is 17.5 Å². The number of ether oxygens (including phenoxy) is 1. The first-order valence-electron chi connectivity index (χ1n) is 7.38. The zero-order chi connectivity index (χ0) is 14.4. The average Bonchev–Trinajstić information content (AvgIpc) is 3.12. The molecule has 106 valence electrons. The van der Waals surface area contributed by atoms with Crippen LogP contribution in [-0.4, -0.2) is 23.7 Å². The van der Waals surface area contributed by atoms with E-state index in [-0.39, 0.29) is 6.10 Å². The molecule has 3 heteroatoms. The van der Waals surface area contributed by atoms with Crippen molar-refractivity contribution in [1.29, 1.82) is 0 Å². The zero-order valence-electron chi connectivity index (χ0n) is 11.9. The van der Waals surface area contributed by atoms with E-state index in [4.69, 9.17) is 4.74 Å². The quantitative estimate of drug-likeness (QED) is 0.917. The summed E-state index contributed by atoms with van der Waals surface area (Å²) in [4.78, 5) is 4.48. The fourth-order valence-corrected chi connectivity index (χ4v) is 3.27. The van der Waals surface area contributed by atoms with E-state index >= 15 is 0 Å². The Balaban J connectivity index is 1.93. The Kier molecular flexibility index (Phi) is 2.66. The molecule has 1 heterocycles. The lowest BCUT2D eigenvalue weighted by atomic mass is 9.91. The van der Waals surface area contributed by atoms with E-state index in [1.807, 2.05) is 48.5 Å². The first-order chi connectivity index (χ1) is 10.2. The van der Waals surface area contributed by atoms with Crippen LogP contribution in [0, 0.1) is 0 Å². The predicted octanol–water partition coefficient (Wildman–Crippen LogP) is 3.11. The maximum atomic E-state index is 11.5. The lowest BCUT2D eigenvalue weighted by Gasteiger charge is -2.25. The molecule has 4 rings (SSSR count). The predicted molar refractivity (Wildman–Crippen MR) is 82.3 cm³/mol. The number of aliphatic imine (C=N–C) groups is 1. The van der Waals surface area contributed by atoms with E-state index in [2.05, 4.69) is 11.9 Å². The van der Waals surface area contributed by atoms with Crippen LogP contribution >= 0.6 is 0 Å². The number of hydrogen-bond donors (Lipinski definition) is 1. The second-order valence-corrected chi connectivity index (χ2v) is 5.60. The van der Waals surface area contributed by atoms with E-state index in [1.165, 1.54) is 0 Å². The van der Waals surface area contributed by atoms with E-state index < -0.39 is 5.60 Å². The van der Waals surface area contributed by atoms with E-state index in [0.29, 0.717) is 12.4 Å². The van der Waals surface area contributed by atoms with Gasteiger partial charge in [0.05, 0.1) is 6.54 Å². The van der Waals surface area contributed by atoms with E-state index in [9.17, 15) is 5.11 Å². The van der Waals surface area contributed by atoms with Gasteiger partial charge in [0.2, 0.25) is 5.90 Å². The fraction of sp³-hybridized carbons (Fsp3) is 0.278. The number of aliphatic hydroxyl groups is 1. The van der Waals surface area contributed by atoms with Crippen molar-refractivity contribution in [2.24, 2.45) is 4.99 Å². The maximum absolute atomic E-state index is 11.5. The van der Waals surface area contributed by atoms with Gasteiger partial charge >= 0.3 is 0 Å². The second kappa shape index (κ2) is 4.43. The van der Waals surface area contributed by atoms with Crippen molar-refractivity contribution in [3.05, 3.63) is 59.7 Å². The normalized spacial score (nSPS) is 21.4. The zero-order valence-corrected chi connectivity index (χ0v) is 11.9. The smallest absolute Gasteiger partial charge is 0.226 e. The van der Waals surface area contributed by atoms with Crippen LogP contribution in [-0.2, 0) is 10.3 Å². The van der Waals surface area contributed by atoms with Crippen LogP contribution in [0.3, 0.4) is 0 Å². The molecule has 0 saturated carbocycles. The van der Waals surface area contributed by atoms with Crippen LogP contribution in [0.5, 0.6) is 0 Å². The van der Waals surface area contributed by atoms with Gasteiger partial charge in [0.25, 0.3) is 0 Å². The highest BCUT2D eigenvalue weighted by Gasteiger charge is 2.48. The Labute approximate surface area is 123 Å². The van der Waals surface area contributed by atoms with Gasteiger partial charge in [0.15, 0.2) is 5.60 Å². The molecule has 0 spiro atoms. The van der Waals surface area contributed by atoms with Crippen LogP contribution in [0.15, 0.2) is 53.5 Å². The van der Waals surface area contributed by atoms with Gasteiger partial charge in [-0.3, -0.25) is 0 Å². The minimum absolute atomic E-state index is 0.0731. The molecule has 0 fully saturated rings. The summed E-state index contributed by atoms with van der Waals surface area (Å²) in [6, 6.07) is 15.9. The minimum Gasteiger partial charge on any atom is -0.473 e. The Morgan fingerprint density at radius 2 is 1.67 bits per heavy atom. The number of benzene rings is 2. The Morgan fingerprint density at radius 3 is 2.19 bits per heavy atom. The largest absolute Gasteiger partial charge is 0.473 e. The van der Waals surface area contributed by atoms with Crippen molar-refractivity contribution < 1.29 is 9.84 Å². The lowest BCUT2D eigenvalue weighted by molar-refractivity contribution is 0.107. The number of fused-ring (bicyclic) bond motifs is 3.